The first-order chi connectivity index (χ1) is 9.00. The van der Waals surface area contributed by atoms with Crippen LogP contribution in [0.3, 0.4) is 0 Å². The van der Waals surface area contributed by atoms with E-state index in [1.165, 1.54) is 0 Å². The molecule has 0 saturated heterocycles. The van der Waals surface area contributed by atoms with Gasteiger partial charge >= 0.3 is 5.97 Å². The summed E-state index contributed by atoms with van der Waals surface area (Å²) in [4.78, 5) is 12.6. The van der Waals surface area contributed by atoms with Crippen LogP contribution >= 0.6 is 0 Å². The summed E-state index contributed by atoms with van der Waals surface area (Å²) in [6.07, 6.45) is 0. The van der Waals surface area contributed by atoms with Crippen LogP contribution in [-0.4, -0.2) is 37.1 Å². The van der Waals surface area contributed by atoms with E-state index in [9.17, 15) is 4.79 Å². The minimum atomic E-state index is -0.894. The summed E-state index contributed by atoms with van der Waals surface area (Å²) >= 11 is 0. The normalized spacial score (nSPS) is 9.68. The predicted octanol–water partition coefficient (Wildman–Crippen LogP) is 3.23. The van der Waals surface area contributed by atoms with Gasteiger partial charge in [-0.2, -0.15) is 0 Å². The van der Waals surface area contributed by atoms with Gasteiger partial charge in [0, 0.05) is 0 Å². The fourth-order valence-electron chi connectivity index (χ4n) is 1.44. The molecular weight excluding hydrogens is 238 g/mol. The molecule has 3 nitrogen and oxygen atoms in total. The molecule has 0 aliphatic heterocycles. The molecule has 0 saturated carbocycles. The number of hydrogen-bond acceptors (Lipinski definition) is 2. The second kappa shape index (κ2) is 7.34. The summed E-state index contributed by atoms with van der Waals surface area (Å²) in [5.41, 5.74) is 2.43. The van der Waals surface area contributed by atoms with E-state index in [2.05, 4.69) is 0 Å². The molecule has 19 heavy (non-hydrogen) atoms. The molecule has 0 fully saturated rings. The molecule has 3 heteroatoms. The number of aromatic carboxylic acids is 1. The maximum Gasteiger partial charge on any atom is 0.335 e. The van der Waals surface area contributed by atoms with Crippen molar-refractivity contribution in [2.75, 3.05) is 21.1 Å². The van der Waals surface area contributed by atoms with Gasteiger partial charge in [-0.15, -0.1) is 0 Å². The molecule has 0 radical (unpaired) electrons. The van der Waals surface area contributed by atoms with Crippen molar-refractivity contribution in [3.63, 3.8) is 0 Å². The van der Waals surface area contributed by atoms with Crippen molar-refractivity contribution in [2.24, 2.45) is 0 Å². The Hall–Kier alpha value is -2.13. The minimum absolute atomic E-state index is 0.315. The molecule has 2 aromatic carbocycles. The number of carboxylic acids is 1. The van der Waals surface area contributed by atoms with E-state index in [-0.39, 0.29) is 0 Å². The smallest absolute Gasteiger partial charge is 0.335 e. The first-order valence-corrected chi connectivity index (χ1v) is 6.00. The lowest BCUT2D eigenvalue weighted by atomic mass is 10.0. The first kappa shape index (κ1) is 14.9. The molecule has 0 spiro atoms. The van der Waals surface area contributed by atoms with Crippen LogP contribution in [0.25, 0.3) is 11.1 Å². The van der Waals surface area contributed by atoms with Gasteiger partial charge in [-0.1, -0.05) is 42.5 Å². The predicted molar refractivity (Wildman–Crippen MR) is 78.4 cm³/mol. The summed E-state index contributed by atoms with van der Waals surface area (Å²) in [6.45, 7) is 0. The van der Waals surface area contributed by atoms with Gasteiger partial charge in [0.15, 0.2) is 0 Å². The Kier molecular flexibility index (Phi) is 5.76. The number of carboxylic acid groups (broad SMARTS) is 1. The Balaban J connectivity index is 0.000000399. The molecule has 0 heterocycles. The van der Waals surface area contributed by atoms with Crippen molar-refractivity contribution in [2.45, 2.75) is 0 Å². The molecule has 0 amide bonds. The quantitative estimate of drug-likeness (QED) is 0.898. The molecule has 0 aromatic heterocycles. The average molecular weight is 257 g/mol. The van der Waals surface area contributed by atoms with Crippen LogP contribution in [0.4, 0.5) is 0 Å². The highest BCUT2D eigenvalue weighted by atomic mass is 16.4. The number of hydrogen-bond donors (Lipinski definition) is 1. The molecule has 2 aromatic rings. The summed E-state index contributed by atoms with van der Waals surface area (Å²) < 4.78 is 0. The van der Waals surface area contributed by atoms with Crippen molar-refractivity contribution < 1.29 is 9.90 Å². The lowest BCUT2D eigenvalue weighted by Gasteiger charge is -2.01. The monoisotopic (exact) mass is 257 g/mol. The SMILES string of the molecule is CN(C)C.O=C(O)c1ccc(-c2ccccc2)cc1. The van der Waals surface area contributed by atoms with Crippen LogP contribution in [0.15, 0.2) is 54.6 Å². The zero-order valence-corrected chi connectivity index (χ0v) is 11.5. The van der Waals surface area contributed by atoms with Crippen LogP contribution in [0.2, 0.25) is 0 Å². The van der Waals surface area contributed by atoms with Crippen LogP contribution < -0.4 is 0 Å². The second-order valence-electron chi connectivity index (χ2n) is 4.59. The summed E-state index contributed by atoms with van der Waals surface area (Å²) in [6, 6.07) is 16.7. The lowest BCUT2D eigenvalue weighted by Crippen LogP contribution is -1.99. The minimum Gasteiger partial charge on any atom is -0.478 e. The molecule has 2 rings (SSSR count). The molecule has 100 valence electrons. The first-order valence-electron chi connectivity index (χ1n) is 6.00. The highest BCUT2D eigenvalue weighted by Crippen LogP contribution is 2.18. The standard InChI is InChI=1S/C13H10O2.C3H9N/c14-13(15)12-8-6-11(7-9-12)10-4-2-1-3-5-10;1-4(2)3/h1-9H,(H,14,15);1-3H3. The highest BCUT2D eigenvalue weighted by molar-refractivity contribution is 5.88. The van der Waals surface area contributed by atoms with Gasteiger partial charge in [-0.25, -0.2) is 4.79 Å². The van der Waals surface area contributed by atoms with Crippen molar-refractivity contribution in [3.8, 4) is 11.1 Å². The van der Waals surface area contributed by atoms with Gasteiger partial charge in [0.1, 0.15) is 0 Å². The number of benzene rings is 2. The average Bonchev–Trinajstić information content (AvgIpc) is 2.39. The Morgan fingerprint density at radius 2 is 1.26 bits per heavy atom. The van der Waals surface area contributed by atoms with Gasteiger partial charge in [-0.05, 0) is 44.4 Å². The number of nitrogens with zero attached hydrogens (tertiary/aromatic N) is 1. The zero-order valence-electron chi connectivity index (χ0n) is 11.5. The molecule has 0 aliphatic carbocycles. The van der Waals surface area contributed by atoms with Crippen molar-refractivity contribution in [1.29, 1.82) is 0 Å². The third kappa shape index (κ3) is 5.36. The van der Waals surface area contributed by atoms with E-state index in [4.69, 9.17) is 5.11 Å². The van der Waals surface area contributed by atoms with Crippen LogP contribution in [0.1, 0.15) is 10.4 Å². The lowest BCUT2D eigenvalue weighted by molar-refractivity contribution is 0.0697. The van der Waals surface area contributed by atoms with Crippen molar-refractivity contribution >= 4 is 5.97 Å². The van der Waals surface area contributed by atoms with Gasteiger partial charge in [0.2, 0.25) is 0 Å². The molecule has 0 bridgehead atoms. The Labute approximate surface area is 114 Å². The maximum atomic E-state index is 10.6. The third-order valence-corrected chi connectivity index (χ3v) is 2.24. The fraction of sp³-hybridized carbons (Fsp3) is 0.188. The van der Waals surface area contributed by atoms with Gasteiger partial charge in [-0.3, -0.25) is 0 Å². The van der Waals surface area contributed by atoms with Crippen LogP contribution in [0.5, 0.6) is 0 Å². The van der Waals surface area contributed by atoms with Crippen molar-refractivity contribution in [1.82, 2.24) is 4.90 Å². The molecule has 1 N–H and O–H groups in total. The Bertz CT molecular complexity index is 501. The van der Waals surface area contributed by atoms with E-state index in [0.717, 1.165) is 11.1 Å². The van der Waals surface area contributed by atoms with E-state index < -0.39 is 5.97 Å². The largest absolute Gasteiger partial charge is 0.478 e. The highest BCUT2D eigenvalue weighted by Gasteiger charge is 2.02. The second-order valence-corrected chi connectivity index (χ2v) is 4.59. The maximum absolute atomic E-state index is 10.6. The van der Waals surface area contributed by atoms with Gasteiger partial charge in [0.05, 0.1) is 5.56 Å². The molecule has 0 atom stereocenters. The molecular formula is C16H19NO2. The summed E-state index contributed by atoms with van der Waals surface area (Å²) in [5.74, 6) is -0.894. The van der Waals surface area contributed by atoms with Gasteiger partial charge < -0.3 is 10.0 Å². The van der Waals surface area contributed by atoms with E-state index >= 15 is 0 Å². The van der Waals surface area contributed by atoms with Crippen LogP contribution in [-0.2, 0) is 0 Å². The zero-order chi connectivity index (χ0) is 14.3. The topological polar surface area (TPSA) is 40.5 Å². The third-order valence-electron chi connectivity index (χ3n) is 2.24. The molecule has 0 aliphatic rings. The van der Waals surface area contributed by atoms with E-state index in [1.54, 1.807) is 12.1 Å². The summed E-state index contributed by atoms with van der Waals surface area (Å²) in [5, 5.41) is 8.75. The van der Waals surface area contributed by atoms with Crippen molar-refractivity contribution in [3.05, 3.63) is 60.2 Å². The van der Waals surface area contributed by atoms with Gasteiger partial charge in [0.25, 0.3) is 0 Å². The Morgan fingerprint density at radius 3 is 1.68 bits per heavy atom. The van der Waals surface area contributed by atoms with E-state index in [0.29, 0.717) is 5.56 Å². The summed E-state index contributed by atoms with van der Waals surface area (Å²) in [7, 11) is 6.00. The fourth-order valence-corrected chi connectivity index (χ4v) is 1.44. The Morgan fingerprint density at radius 1 is 0.842 bits per heavy atom. The van der Waals surface area contributed by atoms with Crippen LogP contribution in [0, 0.1) is 0 Å². The number of rotatable bonds is 2. The number of carbonyl (C=O) groups is 1. The van der Waals surface area contributed by atoms with E-state index in [1.807, 2.05) is 68.5 Å². The molecule has 0 unspecified atom stereocenters.